The Morgan fingerprint density at radius 1 is 1.00 bits per heavy atom. The molecule has 4 aromatic rings. The molecule has 0 saturated carbocycles. The topological polar surface area (TPSA) is 71.2 Å². The molecule has 1 unspecified atom stereocenters. The Labute approximate surface area is 179 Å². The Balaban J connectivity index is 1.55. The van der Waals surface area contributed by atoms with Gasteiger partial charge in [0.25, 0.3) is 5.91 Å². The second-order valence-electron chi connectivity index (χ2n) is 7.47. The number of hydrogen-bond acceptors (Lipinski definition) is 3. The maximum atomic E-state index is 13.5. The number of aromatic amines is 1. The Bertz CT molecular complexity index is 1250. The number of nitrogens with one attached hydrogen (secondary N) is 2. The van der Waals surface area contributed by atoms with Crippen LogP contribution in [0, 0.1) is 5.82 Å². The van der Waals surface area contributed by atoms with Crippen LogP contribution in [0.2, 0.25) is 0 Å². The van der Waals surface area contributed by atoms with Crippen LogP contribution < -0.4 is 5.32 Å². The first-order valence-electron chi connectivity index (χ1n) is 10.2. The molecule has 5 nitrogen and oxygen atoms in total. The molecule has 0 aliphatic rings. The third-order valence-electron chi connectivity index (χ3n) is 5.17. The third kappa shape index (κ3) is 4.91. The molecule has 4 rings (SSSR count). The summed E-state index contributed by atoms with van der Waals surface area (Å²) in [5.74, 6) is -0.957. The van der Waals surface area contributed by atoms with Crippen molar-refractivity contribution in [3.8, 4) is 0 Å². The number of hydrogen-bond donors (Lipinski definition) is 2. The Hall–Kier alpha value is -3.67. The fraction of sp³-hybridized carbons (Fsp3) is 0.200. The van der Waals surface area contributed by atoms with E-state index in [1.54, 1.807) is 19.1 Å². The van der Waals surface area contributed by atoms with Gasteiger partial charge in [-0.05, 0) is 54.1 Å². The first kappa shape index (κ1) is 20.6. The molecule has 0 radical (unpaired) electrons. The number of fused-ring (bicyclic) bond motifs is 2. The quantitative estimate of drug-likeness (QED) is 0.425. The van der Waals surface area contributed by atoms with Crippen LogP contribution in [-0.2, 0) is 16.0 Å². The molecule has 6 heteroatoms. The summed E-state index contributed by atoms with van der Waals surface area (Å²) in [7, 11) is 0. The van der Waals surface area contributed by atoms with Gasteiger partial charge in [-0.15, -0.1) is 0 Å². The van der Waals surface area contributed by atoms with Crippen LogP contribution in [0.4, 0.5) is 4.39 Å². The SMILES string of the molecule is CCOC(=O)CC(Cc1cc2cc(F)ccc2[nH]1)NC(=O)c1ccc2ccccc2c1. The van der Waals surface area contributed by atoms with Crippen LogP contribution in [0.25, 0.3) is 21.7 Å². The zero-order chi connectivity index (χ0) is 21.8. The maximum absolute atomic E-state index is 13.5. The second kappa shape index (κ2) is 9.00. The number of ether oxygens (including phenoxy) is 1. The Kier molecular flexibility index (Phi) is 5.98. The molecule has 0 spiro atoms. The summed E-state index contributed by atoms with van der Waals surface area (Å²) in [6.45, 7) is 2.02. The summed E-state index contributed by atoms with van der Waals surface area (Å²) in [6, 6.07) is 19.2. The number of carbonyl (C=O) groups excluding carboxylic acids is 2. The fourth-order valence-electron chi connectivity index (χ4n) is 3.73. The molecule has 0 aliphatic heterocycles. The molecular weight excluding hydrogens is 395 g/mol. The maximum Gasteiger partial charge on any atom is 0.307 e. The number of aromatic nitrogens is 1. The minimum absolute atomic E-state index is 0.0386. The first-order chi connectivity index (χ1) is 15.0. The lowest BCUT2D eigenvalue weighted by molar-refractivity contribution is -0.143. The summed E-state index contributed by atoms with van der Waals surface area (Å²) in [5, 5.41) is 5.72. The molecule has 1 aromatic heterocycles. The van der Waals surface area contributed by atoms with Crippen molar-refractivity contribution in [2.24, 2.45) is 0 Å². The minimum Gasteiger partial charge on any atom is -0.466 e. The molecule has 0 bridgehead atoms. The lowest BCUT2D eigenvalue weighted by Crippen LogP contribution is -2.38. The molecule has 0 saturated heterocycles. The van der Waals surface area contributed by atoms with Crippen LogP contribution in [-0.4, -0.2) is 29.5 Å². The van der Waals surface area contributed by atoms with Gasteiger partial charge in [-0.3, -0.25) is 9.59 Å². The molecule has 0 aliphatic carbocycles. The highest BCUT2D eigenvalue weighted by Crippen LogP contribution is 2.19. The molecule has 0 fully saturated rings. The molecule has 1 atom stereocenters. The number of halogens is 1. The van der Waals surface area contributed by atoms with E-state index >= 15 is 0 Å². The smallest absolute Gasteiger partial charge is 0.307 e. The molecule has 158 valence electrons. The van der Waals surface area contributed by atoms with Crippen molar-refractivity contribution in [3.63, 3.8) is 0 Å². The normalized spacial score (nSPS) is 12.1. The summed E-state index contributed by atoms with van der Waals surface area (Å²) >= 11 is 0. The predicted octanol–water partition coefficient (Wildman–Crippen LogP) is 4.75. The summed E-state index contributed by atoms with van der Waals surface area (Å²) < 4.78 is 18.6. The lowest BCUT2D eigenvalue weighted by atomic mass is 10.0. The average molecular weight is 418 g/mol. The summed E-state index contributed by atoms with van der Waals surface area (Å²) in [5.41, 5.74) is 2.12. The van der Waals surface area contributed by atoms with E-state index in [1.165, 1.54) is 12.1 Å². The highest BCUT2D eigenvalue weighted by Gasteiger charge is 2.20. The van der Waals surface area contributed by atoms with Crippen molar-refractivity contribution >= 4 is 33.6 Å². The Morgan fingerprint density at radius 2 is 1.81 bits per heavy atom. The monoisotopic (exact) mass is 418 g/mol. The zero-order valence-electron chi connectivity index (χ0n) is 17.2. The van der Waals surface area contributed by atoms with E-state index in [1.807, 2.05) is 42.5 Å². The van der Waals surface area contributed by atoms with E-state index in [2.05, 4.69) is 10.3 Å². The van der Waals surface area contributed by atoms with Gasteiger partial charge in [0.05, 0.1) is 13.0 Å². The minimum atomic E-state index is -0.476. The van der Waals surface area contributed by atoms with Crippen LogP contribution in [0.3, 0.4) is 0 Å². The van der Waals surface area contributed by atoms with E-state index in [-0.39, 0.29) is 30.7 Å². The molecular formula is C25H23FN2O3. The van der Waals surface area contributed by atoms with E-state index < -0.39 is 6.04 Å². The summed E-state index contributed by atoms with van der Waals surface area (Å²) in [4.78, 5) is 28.3. The van der Waals surface area contributed by atoms with Gasteiger partial charge in [0.2, 0.25) is 0 Å². The van der Waals surface area contributed by atoms with Crippen molar-refractivity contribution in [2.75, 3.05) is 6.61 Å². The number of esters is 1. The van der Waals surface area contributed by atoms with Gasteiger partial charge in [-0.2, -0.15) is 0 Å². The number of benzene rings is 3. The predicted molar refractivity (Wildman–Crippen MR) is 118 cm³/mol. The van der Waals surface area contributed by atoms with E-state index in [0.29, 0.717) is 12.0 Å². The summed E-state index contributed by atoms with van der Waals surface area (Å²) in [6.07, 6.45) is 0.422. The standard InChI is InChI=1S/C25H23FN2O3/c1-2-31-24(29)15-22(14-21-13-19-12-20(26)9-10-23(19)27-21)28-25(30)18-8-7-16-5-3-4-6-17(16)11-18/h3-13,22,27H,2,14-15H2,1H3,(H,28,30). The largest absolute Gasteiger partial charge is 0.466 e. The van der Waals surface area contributed by atoms with Crippen molar-refractivity contribution in [1.82, 2.24) is 10.3 Å². The van der Waals surface area contributed by atoms with E-state index in [0.717, 1.165) is 27.4 Å². The van der Waals surface area contributed by atoms with Crippen molar-refractivity contribution in [3.05, 3.63) is 83.8 Å². The van der Waals surface area contributed by atoms with Gasteiger partial charge >= 0.3 is 5.97 Å². The molecule has 2 N–H and O–H groups in total. The van der Waals surface area contributed by atoms with Crippen molar-refractivity contribution in [2.45, 2.75) is 25.8 Å². The lowest BCUT2D eigenvalue weighted by Gasteiger charge is -2.18. The van der Waals surface area contributed by atoms with Crippen LogP contribution in [0.1, 0.15) is 29.4 Å². The van der Waals surface area contributed by atoms with Crippen LogP contribution in [0.15, 0.2) is 66.7 Å². The van der Waals surface area contributed by atoms with E-state index in [4.69, 9.17) is 4.74 Å². The van der Waals surface area contributed by atoms with Gasteiger partial charge in [0.15, 0.2) is 0 Å². The van der Waals surface area contributed by atoms with Crippen LogP contribution >= 0.6 is 0 Å². The molecule has 31 heavy (non-hydrogen) atoms. The Morgan fingerprint density at radius 3 is 2.61 bits per heavy atom. The highest BCUT2D eigenvalue weighted by atomic mass is 19.1. The van der Waals surface area contributed by atoms with Crippen molar-refractivity contribution < 1.29 is 18.7 Å². The number of amides is 1. The molecule has 1 heterocycles. The molecule has 3 aromatic carbocycles. The average Bonchev–Trinajstić information content (AvgIpc) is 3.14. The third-order valence-corrected chi connectivity index (χ3v) is 5.17. The van der Waals surface area contributed by atoms with Gasteiger partial charge in [0, 0.05) is 34.6 Å². The number of H-pyrrole nitrogens is 1. The first-order valence-corrected chi connectivity index (χ1v) is 10.2. The van der Waals surface area contributed by atoms with Gasteiger partial charge in [0.1, 0.15) is 5.82 Å². The number of rotatable bonds is 7. The van der Waals surface area contributed by atoms with Gasteiger partial charge in [-0.1, -0.05) is 30.3 Å². The highest BCUT2D eigenvalue weighted by molar-refractivity contribution is 5.98. The second-order valence-corrected chi connectivity index (χ2v) is 7.47. The molecule has 1 amide bonds. The fourth-order valence-corrected chi connectivity index (χ4v) is 3.73. The number of carbonyl (C=O) groups is 2. The zero-order valence-corrected chi connectivity index (χ0v) is 17.2. The van der Waals surface area contributed by atoms with Crippen molar-refractivity contribution in [1.29, 1.82) is 0 Å². The van der Waals surface area contributed by atoms with Gasteiger partial charge in [-0.25, -0.2) is 4.39 Å². The van der Waals surface area contributed by atoms with E-state index in [9.17, 15) is 14.0 Å². The van der Waals surface area contributed by atoms with Gasteiger partial charge < -0.3 is 15.0 Å². The van der Waals surface area contributed by atoms with Crippen LogP contribution in [0.5, 0.6) is 0 Å².